The molecule has 0 radical (unpaired) electrons. The van der Waals surface area contributed by atoms with Gasteiger partial charge in [-0.1, -0.05) is 172 Å². The fourth-order valence-electron chi connectivity index (χ4n) is 7.55. The average Bonchev–Trinajstić information content (AvgIpc) is 3.87. The van der Waals surface area contributed by atoms with Crippen molar-refractivity contribution in [3.63, 3.8) is 0 Å². The second kappa shape index (κ2) is 23.1. The van der Waals surface area contributed by atoms with Crippen LogP contribution in [0.1, 0.15) is 65.7 Å². The highest BCUT2D eigenvalue weighted by atomic mass is 16.5. The van der Waals surface area contributed by atoms with Crippen molar-refractivity contribution in [1.82, 2.24) is 25.8 Å². The van der Waals surface area contributed by atoms with E-state index in [1.54, 1.807) is 30.6 Å². The average molecular weight is 858 g/mol. The Morgan fingerprint density at radius 2 is 1.08 bits per heavy atom. The Labute approximate surface area is 375 Å². The van der Waals surface area contributed by atoms with Gasteiger partial charge >= 0.3 is 6.09 Å². The molecule has 11 nitrogen and oxygen atoms in total. The van der Waals surface area contributed by atoms with Crippen molar-refractivity contribution in [2.24, 2.45) is 5.92 Å². The summed E-state index contributed by atoms with van der Waals surface area (Å²) in [6, 6.07) is 48.3. The molecule has 0 saturated carbocycles. The molecule has 3 atom stereocenters. The number of aromatic nitrogens is 1. The molecule has 4 N–H and O–H groups in total. The van der Waals surface area contributed by atoms with E-state index in [-0.39, 0.29) is 50.0 Å². The zero-order chi connectivity index (χ0) is 45.2. The quantitative estimate of drug-likeness (QED) is 0.0451. The highest BCUT2D eigenvalue weighted by Crippen LogP contribution is 2.37. The maximum Gasteiger partial charge on any atom is 0.408 e. The standard InChI is InChI=1S/C53H55N5O6/c1-39(2)36-46(56-52(63)64-38-41-22-10-4-11-23-41)51(62)55-47(37-40-20-8-3-9-21-40)50(61)54-45(31-33-49(60)58-34-18-19-35-58)30-32-48(59)57-53(42-24-12-5-13-25-42,43-26-14-6-15-27-43)44-28-16-7-17-29-44/h3-29,31,33-35,39,45-47H,30,32,36-38H2,1-2H3,(H,54,61)(H,55,62)(H,56,63)(H,57,59)/b33-31+/t45-,46-,47-/m0/s1. The maximum absolute atomic E-state index is 14.5. The molecule has 1 heterocycles. The van der Waals surface area contributed by atoms with Gasteiger partial charge in [0.15, 0.2) is 0 Å². The van der Waals surface area contributed by atoms with Crippen molar-refractivity contribution in [2.45, 2.75) is 69.8 Å². The fourth-order valence-corrected chi connectivity index (χ4v) is 7.55. The number of rotatable bonds is 20. The molecule has 0 aliphatic rings. The molecule has 0 fully saturated rings. The third-order valence-corrected chi connectivity index (χ3v) is 10.7. The van der Waals surface area contributed by atoms with Gasteiger partial charge in [-0.2, -0.15) is 0 Å². The van der Waals surface area contributed by atoms with Gasteiger partial charge < -0.3 is 26.0 Å². The van der Waals surface area contributed by atoms with Crippen molar-refractivity contribution in [3.8, 4) is 0 Å². The van der Waals surface area contributed by atoms with E-state index >= 15 is 0 Å². The number of hydrogen-bond donors (Lipinski definition) is 4. The molecule has 4 amide bonds. The van der Waals surface area contributed by atoms with Gasteiger partial charge in [0.05, 0.1) is 0 Å². The first-order chi connectivity index (χ1) is 31.1. The number of benzene rings is 5. The van der Waals surface area contributed by atoms with Crippen molar-refractivity contribution in [1.29, 1.82) is 0 Å². The number of nitrogens with zero attached hydrogens (tertiary/aromatic N) is 1. The Morgan fingerprint density at radius 3 is 1.59 bits per heavy atom. The minimum atomic E-state index is -1.10. The molecule has 0 aliphatic carbocycles. The number of carbonyl (C=O) groups is 5. The second-order valence-corrected chi connectivity index (χ2v) is 16.0. The van der Waals surface area contributed by atoms with Crippen LogP contribution in [0, 0.1) is 5.92 Å². The molecule has 0 unspecified atom stereocenters. The van der Waals surface area contributed by atoms with Crippen LogP contribution in [0.2, 0.25) is 0 Å². The van der Waals surface area contributed by atoms with E-state index in [9.17, 15) is 24.0 Å². The third-order valence-electron chi connectivity index (χ3n) is 10.7. The number of alkyl carbamates (subject to hydrolysis) is 1. The van der Waals surface area contributed by atoms with Crippen LogP contribution in [0.4, 0.5) is 4.79 Å². The molecule has 64 heavy (non-hydrogen) atoms. The summed E-state index contributed by atoms with van der Waals surface area (Å²) in [6.45, 7) is 3.88. The topological polar surface area (TPSA) is 148 Å². The lowest BCUT2D eigenvalue weighted by Crippen LogP contribution is -2.55. The molecular weight excluding hydrogens is 803 g/mol. The van der Waals surface area contributed by atoms with E-state index < -0.39 is 41.6 Å². The maximum atomic E-state index is 14.5. The number of carbonyl (C=O) groups excluding carboxylic acids is 5. The molecule has 1 aromatic heterocycles. The molecule has 11 heteroatoms. The number of ether oxygens (including phenoxy) is 1. The van der Waals surface area contributed by atoms with Crippen molar-refractivity contribution < 1.29 is 28.7 Å². The van der Waals surface area contributed by atoms with Crippen LogP contribution in [-0.4, -0.2) is 52.4 Å². The lowest BCUT2D eigenvalue weighted by atomic mass is 9.77. The first-order valence-electron chi connectivity index (χ1n) is 21.6. The van der Waals surface area contributed by atoms with E-state index in [2.05, 4.69) is 21.3 Å². The largest absolute Gasteiger partial charge is 0.445 e. The minimum Gasteiger partial charge on any atom is -0.445 e. The Kier molecular flexibility index (Phi) is 16.6. The second-order valence-electron chi connectivity index (χ2n) is 16.0. The van der Waals surface area contributed by atoms with Crippen LogP contribution in [0.15, 0.2) is 188 Å². The monoisotopic (exact) mass is 857 g/mol. The molecule has 0 saturated heterocycles. The van der Waals surface area contributed by atoms with Crippen LogP contribution >= 0.6 is 0 Å². The van der Waals surface area contributed by atoms with Gasteiger partial charge in [-0.05, 0) is 58.7 Å². The molecule has 6 aromatic rings. The Morgan fingerprint density at radius 1 is 0.594 bits per heavy atom. The van der Waals surface area contributed by atoms with E-state index in [0.717, 1.165) is 27.8 Å². The van der Waals surface area contributed by atoms with Crippen molar-refractivity contribution in [2.75, 3.05) is 0 Å². The summed E-state index contributed by atoms with van der Waals surface area (Å²) in [6.07, 6.45) is 5.88. The number of nitrogens with one attached hydrogen (secondary N) is 4. The number of amides is 4. The van der Waals surface area contributed by atoms with Gasteiger partial charge in [-0.25, -0.2) is 4.79 Å². The van der Waals surface area contributed by atoms with Crippen molar-refractivity contribution >= 4 is 29.7 Å². The van der Waals surface area contributed by atoms with Crippen LogP contribution < -0.4 is 21.3 Å². The SMILES string of the molecule is CC(C)C[C@H](NC(=O)OCc1ccccc1)C(=O)N[C@@H](Cc1ccccc1)C(=O)N[C@H](/C=C/C(=O)n1cccc1)CCC(=O)NC(c1ccccc1)(c1ccccc1)c1ccccc1. The zero-order valence-corrected chi connectivity index (χ0v) is 36.1. The van der Waals surface area contributed by atoms with Crippen LogP contribution in [0.5, 0.6) is 0 Å². The lowest BCUT2D eigenvalue weighted by Gasteiger charge is -2.37. The van der Waals surface area contributed by atoms with Gasteiger partial charge in [-0.3, -0.25) is 23.7 Å². The Hall–Kier alpha value is -7.53. The number of hydrogen-bond acceptors (Lipinski definition) is 6. The van der Waals surface area contributed by atoms with E-state index in [1.165, 1.54) is 10.6 Å². The van der Waals surface area contributed by atoms with E-state index in [4.69, 9.17) is 4.74 Å². The summed E-state index contributed by atoms with van der Waals surface area (Å²) in [7, 11) is 0. The van der Waals surface area contributed by atoms with Crippen LogP contribution in [0.3, 0.4) is 0 Å². The fraction of sp³-hybridized carbons (Fsp3) is 0.226. The van der Waals surface area contributed by atoms with Crippen molar-refractivity contribution in [3.05, 3.63) is 216 Å². The molecule has 6 rings (SSSR count). The van der Waals surface area contributed by atoms with Gasteiger partial charge in [0.2, 0.25) is 17.7 Å². The normalized spacial score (nSPS) is 12.7. The highest BCUT2D eigenvalue weighted by Gasteiger charge is 2.38. The smallest absolute Gasteiger partial charge is 0.408 e. The van der Waals surface area contributed by atoms with Crippen LogP contribution in [-0.2, 0) is 37.7 Å². The third kappa shape index (κ3) is 13.0. The van der Waals surface area contributed by atoms with Gasteiger partial charge in [0.1, 0.15) is 24.2 Å². The highest BCUT2D eigenvalue weighted by molar-refractivity contribution is 5.92. The predicted molar refractivity (Wildman–Crippen MR) is 248 cm³/mol. The summed E-state index contributed by atoms with van der Waals surface area (Å²) >= 11 is 0. The molecule has 0 bridgehead atoms. The van der Waals surface area contributed by atoms with E-state index in [0.29, 0.717) is 0 Å². The number of allylic oxidation sites excluding steroid dienone is 1. The molecular formula is C53H55N5O6. The Balaban J connectivity index is 1.24. The zero-order valence-electron chi connectivity index (χ0n) is 36.1. The van der Waals surface area contributed by atoms with Gasteiger partial charge in [-0.15, -0.1) is 0 Å². The molecule has 0 aliphatic heterocycles. The predicted octanol–water partition coefficient (Wildman–Crippen LogP) is 8.13. The Bertz CT molecular complexity index is 2330. The van der Waals surface area contributed by atoms with Crippen LogP contribution in [0.25, 0.3) is 0 Å². The van der Waals surface area contributed by atoms with Gasteiger partial charge in [0, 0.05) is 37.4 Å². The minimum absolute atomic E-state index is 0.00878. The summed E-state index contributed by atoms with van der Waals surface area (Å²) < 4.78 is 6.84. The summed E-state index contributed by atoms with van der Waals surface area (Å²) in [5.74, 6) is -1.73. The summed E-state index contributed by atoms with van der Waals surface area (Å²) in [4.78, 5) is 69.0. The first kappa shape index (κ1) is 46.0. The molecule has 0 spiro atoms. The lowest BCUT2D eigenvalue weighted by molar-refractivity contribution is -0.130. The summed E-state index contributed by atoms with van der Waals surface area (Å²) in [5, 5.41) is 12.0. The summed E-state index contributed by atoms with van der Waals surface area (Å²) in [5.41, 5.74) is 3.10. The first-order valence-corrected chi connectivity index (χ1v) is 21.6. The van der Waals surface area contributed by atoms with E-state index in [1.807, 2.05) is 166 Å². The molecule has 5 aromatic carbocycles. The van der Waals surface area contributed by atoms with Gasteiger partial charge in [0.25, 0.3) is 5.91 Å². The molecule has 328 valence electrons.